The van der Waals surface area contributed by atoms with Crippen LogP contribution in [0.3, 0.4) is 0 Å². The molecule has 1 aromatic carbocycles. The van der Waals surface area contributed by atoms with Crippen LogP contribution in [0.4, 0.5) is 0 Å². The van der Waals surface area contributed by atoms with Gasteiger partial charge in [-0.1, -0.05) is 11.6 Å². The SMILES string of the molecule is O=C(c1ccc(Br)c(Cl)c1)N1CC(O)C1. The van der Waals surface area contributed by atoms with Gasteiger partial charge < -0.3 is 10.0 Å². The van der Waals surface area contributed by atoms with Gasteiger partial charge in [-0.25, -0.2) is 0 Å². The lowest BCUT2D eigenvalue weighted by Crippen LogP contribution is -2.53. The fraction of sp³-hybridized carbons (Fsp3) is 0.300. The summed E-state index contributed by atoms with van der Waals surface area (Å²) >= 11 is 9.14. The number of halogens is 2. The average Bonchev–Trinajstić information content (AvgIpc) is 2.16. The molecule has 0 aromatic heterocycles. The monoisotopic (exact) mass is 289 g/mol. The summed E-state index contributed by atoms with van der Waals surface area (Å²) in [5, 5.41) is 9.60. The van der Waals surface area contributed by atoms with Crippen molar-refractivity contribution in [1.82, 2.24) is 4.90 Å². The highest BCUT2D eigenvalue weighted by Gasteiger charge is 2.29. The van der Waals surface area contributed by atoms with Crippen molar-refractivity contribution in [2.24, 2.45) is 0 Å². The number of benzene rings is 1. The summed E-state index contributed by atoms with van der Waals surface area (Å²) < 4.78 is 0.768. The molecule has 1 fully saturated rings. The van der Waals surface area contributed by atoms with E-state index >= 15 is 0 Å². The molecule has 2 rings (SSSR count). The number of aliphatic hydroxyl groups excluding tert-OH is 1. The zero-order chi connectivity index (χ0) is 11.0. The maximum absolute atomic E-state index is 11.8. The molecular weight excluding hydrogens is 281 g/mol. The van der Waals surface area contributed by atoms with Crippen LogP contribution in [0.15, 0.2) is 22.7 Å². The summed E-state index contributed by atoms with van der Waals surface area (Å²) in [5.74, 6) is -0.0882. The van der Waals surface area contributed by atoms with Crippen molar-refractivity contribution in [2.75, 3.05) is 13.1 Å². The van der Waals surface area contributed by atoms with Crippen LogP contribution in [0.25, 0.3) is 0 Å². The predicted octanol–water partition coefficient (Wildman–Crippen LogP) is 1.92. The van der Waals surface area contributed by atoms with Gasteiger partial charge in [0.1, 0.15) is 0 Å². The standard InChI is InChI=1S/C10H9BrClNO2/c11-8-2-1-6(3-9(8)12)10(15)13-4-7(14)5-13/h1-3,7,14H,4-5H2. The summed E-state index contributed by atoms with van der Waals surface area (Å²) in [6.07, 6.45) is -0.375. The molecule has 0 radical (unpaired) electrons. The van der Waals surface area contributed by atoms with E-state index in [1.165, 1.54) is 0 Å². The normalized spacial score (nSPS) is 16.3. The van der Waals surface area contributed by atoms with E-state index in [0.717, 1.165) is 4.47 Å². The molecule has 1 aliphatic heterocycles. The van der Waals surface area contributed by atoms with Gasteiger partial charge >= 0.3 is 0 Å². The predicted molar refractivity (Wildman–Crippen MR) is 61.1 cm³/mol. The number of aliphatic hydroxyl groups is 1. The quantitative estimate of drug-likeness (QED) is 0.858. The zero-order valence-corrected chi connectivity index (χ0v) is 10.1. The van der Waals surface area contributed by atoms with Crippen LogP contribution in [-0.4, -0.2) is 35.1 Å². The molecule has 0 spiro atoms. The number of nitrogens with zero attached hydrogens (tertiary/aromatic N) is 1. The van der Waals surface area contributed by atoms with Crippen molar-refractivity contribution < 1.29 is 9.90 Å². The number of carbonyl (C=O) groups excluding carboxylic acids is 1. The number of rotatable bonds is 1. The number of likely N-dealkylation sites (tertiary alicyclic amines) is 1. The first-order valence-electron chi connectivity index (χ1n) is 4.50. The minimum Gasteiger partial charge on any atom is -0.389 e. The number of hydrogen-bond acceptors (Lipinski definition) is 2. The molecule has 0 unspecified atom stereocenters. The first kappa shape index (κ1) is 10.9. The first-order valence-corrected chi connectivity index (χ1v) is 5.67. The molecule has 0 atom stereocenters. The number of amides is 1. The summed E-state index contributed by atoms with van der Waals surface area (Å²) in [4.78, 5) is 13.4. The molecule has 15 heavy (non-hydrogen) atoms. The maximum atomic E-state index is 11.8. The third-order valence-electron chi connectivity index (χ3n) is 2.32. The summed E-state index contributed by atoms with van der Waals surface area (Å²) in [7, 11) is 0. The molecule has 1 aliphatic rings. The average molecular weight is 291 g/mol. The second kappa shape index (κ2) is 4.12. The molecule has 0 bridgehead atoms. The second-order valence-corrected chi connectivity index (χ2v) is 4.75. The molecule has 0 aliphatic carbocycles. The third kappa shape index (κ3) is 2.17. The van der Waals surface area contributed by atoms with Crippen LogP contribution in [0.5, 0.6) is 0 Å². The van der Waals surface area contributed by atoms with Crippen LogP contribution in [-0.2, 0) is 0 Å². The van der Waals surface area contributed by atoms with Gasteiger partial charge in [0.05, 0.1) is 11.1 Å². The Kier molecular flexibility index (Phi) is 3.00. The molecule has 0 saturated carbocycles. The minimum absolute atomic E-state index is 0.0882. The van der Waals surface area contributed by atoms with E-state index < -0.39 is 0 Å². The Bertz CT molecular complexity index is 404. The maximum Gasteiger partial charge on any atom is 0.254 e. The molecule has 1 heterocycles. The molecule has 3 nitrogen and oxygen atoms in total. The van der Waals surface area contributed by atoms with Crippen molar-refractivity contribution in [2.45, 2.75) is 6.10 Å². The first-order chi connectivity index (χ1) is 7.08. The minimum atomic E-state index is -0.375. The molecular formula is C10H9BrClNO2. The van der Waals surface area contributed by atoms with Crippen LogP contribution in [0.2, 0.25) is 5.02 Å². The summed E-state index contributed by atoms with van der Waals surface area (Å²) in [6.45, 7) is 0.818. The Labute approximate surface area is 101 Å². The van der Waals surface area contributed by atoms with Crippen LogP contribution in [0, 0.1) is 0 Å². The number of carbonyl (C=O) groups is 1. The van der Waals surface area contributed by atoms with Gasteiger partial charge in [-0.05, 0) is 34.1 Å². The van der Waals surface area contributed by atoms with Gasteiger partial charge in [-0.2, -0.15) is 0 Å². The smallest absolute Gasteiger partial charge is 0.254 e. The molecule has 1 N–H and O–H groups in total. The van der Waals surface area contributed by atoms with E-state index in [1.54, 1.807) is 23.1 Å². The highest BCUT2D eigenvalue weighted by Crippen LogP contribution is 2.24. The number of β-amino-alcohol motifs (C(OH)–C–C–N with tert-alkyl or cyclic N) is 1. The van der Waals surface area contributed by atoms with Gasteiger partial charge in [-0.3, -0.25) is 4.79 Å². The van der Waals surface area contributed by atoms with Crippen molar-refractivity contribution in [3.8, 4) is 0 Å². The van der Waals surface area contributed by atoms with E-state index in [2.05, 4.69) is 15.9 Å². The van der Waals surface area contributed by atoms with Gasteiger partial charge in [-0.15, -0.1) is 0 Å². The third-order valence-corrected chi connectivity index (χ3v) is 3.55. The summed E-state index contributed by atoms with van der Waals surface area (Å²) in [5.41, 5.74) is 0.551. The highest BCUT2D eigenvalue weighted by atomic mass is 79.9. The fourth-order valence-corrected chi connectivity index (χ4v) is 1.86. The largest absolute Gasteiger partial charge is 0.389 e. The Morgan fingerprint density at radius 1 is 1.53 bits per heavy atom. The lowest BCUT2D eigenvalue weighted by molar-refractivity contribution is 0.00589. The van der Waals surface area contributed by atoms with Gasteiger partial charge in [0, 0.05) is 23.1 Å². The highest BCUT2D eigenvalue weighted by molar-refractivity contribution is 9.10. The number of hydrogen-bond donors (Lipinski definition) is 1. The van der Waals surface area contributed by atoms with E-state index in [9.17, 15) is 4.79 Å². The second-order valence-electron chi connectivity index (χ2n) is 3.49. The molecule has 5 heteroatoms. The van der Waals surface area contributed by atoms with E-state index in [4.69, 9.17) is 16.7 Å². The van der Waals surface area contributed by atoms with Crippen molar-refractivity contribution >= 4 is 33.4 Å². The summed E-state index contributed by atoms with van der Waals surface area (Å²) in [6, 6.07) is 5.08. The van der Waals surface area contributed by atoms with Gasteiger partial charge in [0.15, 0.2) is 0 Å². The Morgan fingerprint density at radius 2 is 2.20 bits per heavy atom. The van der Waals surface area contributed by atoms with E-state index in [0.29, 0.717) is 23.7 Å². The van der Waals surface area contributed by atoms with Gasteiger partial charge in [0.25, 0.3) is 5.91 Å². The molecule has 1 saturated heterocycles. The van der Waals surface area contributed by atoms with E-state index in [1.807, 2.05) is 0 Å². The van der Waals surface area contributed by atoms with Crippen LogP contribution < -0.4 is 0 Å². The van der Waals surface area contributed by atoms with Gasteiger partial charge in [0.2, 0.25) is 0 Å². The molecule has 1 aromatic rings. The molecule has 1 amide bonds. The zero-order valence-electron chi connectivity index (χ0n) is 7.78. The Hall–Kier alpha value is -0.580. The van der Waals surface area contributed by atoms with Crippen molar-refractivity contribution in [3.63, 3.8) is 0 Å². The Morgan fingerprint density at radius 3 is 2.73 bits per heavy atom. The fourth-order valence-electron chi connectivity index (χ4n) is 1.43. The van der Waals surface area contributed by atoms with Crippen LogP contribution >= 0.6 is 27.5 Å². The lowest BCUT2D eigenvalue weighted by atomic mass is 10.1. The van der Waals surface area contributed by atoms with E-state index in [-0.39, 0.29) is 12.0 Å². The van der Waals surface area contributed by atoms with Crippen molar-refractivity contribution in [3.05, 3.63) is 33.3 Å². The topological polar surface area (TPSA) is 40.5 Å². The Balaban J connectivity index is 2.16. The lowest BCUT2D eigenvalue weighted by Gasteiger charge is -2.35. The van der Waals surface area contributed by atoms with Crippen molar-refractivity contribution in [1.29, 1.82) is 0 Å². The molecule has 80 valence electrons. The van der Waals surface area contributed by atoms with Crippen LogP contribution in [0.1, 0.15) is 10.4 Å².